The third-order valence-electron chi connectivity index (χ3n) is 5.78. The maximum atomic E-state index is 13.7. The average Bonchev–Trinajstić information content (AvgIpc) is 2.61. The van der Waals surface area contributed by atoms with Crippen molar-refractivity contribution in [2.75, 3.05) is 6.61 Å². The molecule has 2 aromatic rings. The van der Waals surface area contributed by atoms with Crippen LogP contribution in [-0.2, 0) is 11.2 Å². The van der Waals surface area contributed by atoms with E-state index >= 15 is 0 Å². The van der Waals surface area contributed by atoms with Crippen molar-refractivity contribution in [3.05, 3.63) is 59.3 Å². The zero-order valence-electron chi connectivity index (χ0n) is 14.7. The minimum Gasteiger partial charge on any atom is -0.477 e. The maximum absolute atomic E-state index is 13.7. The van der Waals surface area contributed by atoms with Crippen molar-refractivity contribution >= 4 is 5.78 Å². The highest BCUT2D eigenvalue weighted by Gasteiger charge is 2.70. The molecule has 3 saturated carbocycles. The van der Waals surface area contributed by atoms with E-state index in [0.29, 0.717) is 18.1 Å². The number of carbonyl (C=O) groups excluding carboxylic acids is 1. The van der Waals surface area contributed by atoms with Gasteiger partial charge in [-0.2, -0.15) is 5.26 Å². The van der Waals surface area contributed by atoms with E-state index in [1.807, 2.05) is 6.07 Å². The summed E-state index contributed by atoms with van der Waals surface area (Å²) in [6.45, 7) is 0.499. The monoisotopic (exact) mass is 368 g/mol. The van der Waals surface area contributed by atoms with E-state index in [9.17, 15) is 13.6 Å². The van der Waals surface area contributed by atoms with E-state index in [1.165, 1.54) is 18.3 Å². The topological polar surface area (TPSA) is 63.0 Å². The molecule has 0 unspecified atom stereocenters. The number of ketones is 1. The van der Waals surface area contributed by atoms with Crippen molar-refractivity contribution in [2.45, 2.75) is 32.1 Å². The highest BCUT2D eigenvalue weighted by atomic mass is 19.2. The number of benzene rings is 1. The molecule has 0 aliphatic heterocycles. The van der Waals surface area contributed by atoms with E-state index < -0.39 is 11.6 Å². The van der Waals surface area contributed by atoms with E-state index in [1.54, 1.807) is 12.1 Å². The Morgan fingerprint density at radius 1 is 1.22 bits per heavy atom. The lowest BCUT2D eigenvalue weighted by Crippen LogP contribution is -2.67. The van der Waals surface area contributed by atoms with Crippen LogP contribution in [0.3, 0.4) is 0 Å². The van der Waals surface area contributed by atoms with Gasteiger partial charge < -0.3 is 4.74 Å². The minimum atomic E-state index is -0.877. The van der Waals surface area contributed by atoms with Gasteiger partial charge in [-0.15, -0.1) is 0 Å². The van der Waals surface area contributed by atoms with E-state index in [4.69, 9.17) is 10.00 Å². The van der Waals surface area contributed by atoms with Crippen molar-refractivity contribution in [2.24, 2.45) is 10.8 Å². The summed E-state index contributed by atoms with van der Waals surface area (Å²) in [6, 6.07) is 9.38. The fourth-order valence-electron chi connectivity index (χ4n) is 4.46. The van der Waals surface area contributed by atoms with Gasteiger partial charge in [0.05, 0.1) is 12.2 Å². The highest BCUT2D eigenvalue weighted by molar-refractivity contribution is 5.88. The Hall–Kier alpha value is -2.81. The second-order valence-electron chi connectivity index (χ2n) is 7.73. The fourth-order valence-corrected chi connectivity index (χ4v) is 4.46. The predicted octanol–water partition coefficient (Wildman–Crippen LogP) is 3.98. The Labute approximate surface area is 155 Å². The number of rotatable bonds is 7. The SMILES string of the molecule is N#Cc1ccc(OCC23CC(C(=O)CCc4cccc(F)c4F)(C2)C3)nc1. The summed E-state index contributed by atoms with van der Waals surface area (Å²) in [5.41, 5.74) is 0.452. The number of halogens is 2. The number of aromatic nitrogens is 1. The molecule has 0 radical (unpaired) electrons. The molecule has 1 aromatic carbocycles. The van der Waals surface area contributed by atoms with Gasteiger partial charge in [0.25, 0.3) is 0 Å². The number of hydrogen-bond donors (Lipinski definition) is 0. The van der Waals surface area contributed by atoms with E-state index in [2.05, 4.69) is 4.98 Å². The summed E-state index contributed by atoms with van der Waals surface area (Å²) < 4.78 is 32.7. The fraction of sp³-hybridized carbons (Fsp3) is 0.381. The molecule has 1 aromatic heterocycles. The van der Waals surface area contributed by atoms with Crippen molar-refractivity contribution in [1.82, 2.24) is 4.98 Å². The Balaban J connectivity index is 1.26. The molecule has 5 rings (SSSR count). The van der Waals surface area contributed by atoms with Crippen LogP contribution in [0.25, 0.3) is 0 Å². The van der Waals surface area contributed by atoms with Gasteiger partial charge in [0.15, 0.2) is 11.6 Å². The van der Waals surface area contributed by atoms with Crippen LogP contribution in [0.5, 0.6) is 5.88 Å². The third-order valence-corrected chi connectivity index (χ3v) is 5.78. The van der Waals surface area contributed by atoms with Crippen LogP contribution in [0.15, 0.2) is 36.5 Å². The molecule has 138 valence electrons. The van der Waals surface area contributed by atoms with Gasteiger partial charge in [0, 0.05) is 29.5 Å². The summed E-state index contributed by atoms with van der Waals surface area (Å²) in [7, 11) is 0. The Morgan fingerprint density at radius 2 is 2.00 bits per heavy atom. The Bertz CT molecular complexity index is 914. The van der Waals surface area contributed by atoms with E-state index in [0.717, 1.165) is 25.3 Å². The van der Waals surface area contributed by atoms with E-state index in [-0.39, 0.29) is 35.0 Å². The quantitative estimate of drug-likeness (QED) is 0.742. The lowest BCUT2D eigenvalue weighted by molar-refractivity contribution is -0.215. The van der Waals surface area contributed by atoms with Crippen molar-refractivity contribution < 1.29 is 18.3 Å². The normalized spacial score (nSPS) is 25.1. The predicted molar refractivity (Wildman–Crippen MR) is 92.9 cm³/mol. The number of Topliss-reactive ketones (excluding diaryl/α,β-unsaturated/α-hetero) is 1. The first-order chi connectivity index (χ1) is 13.0. The summed E-state index contributed by atoms with van der Waals surface area (Å²) in [4.78, 5) is 16.6. The molecular formula is C21H18F2N2O2. The number of aryl methyl sites for hydroxylation is 1. The molecule has 0 atom stereocenters. The van der Waals surface area contributed by atoms with Crippen molar-refractivity contribution in [3.8, 4) is 11.9 Å². The number of nitriles is 1. The third kappa shape index (κ3) is 3.08. The van der Waals surface area contributed by atoms with Gasteiger partial charge in [0.1, 0.15) is 11.9 Å². The van der Waals surface area contributed by atoms with Gasteiger partial charge in [-0.3, -0.25) is 4.79 Å². The van der Waals surface area contributed by atoms with Crippen LogP contribution in [0.2, 0.25) is 0 Å². The number of carbonyl (C=O) groups is 1. The highest BCUT2D eigenvalue weighted by Crippen LogP contribution is 2.73. The van der Waals surface area contributed by atoms with Crippen LogP contribution in [-0.4, -0.2) is 17.4 Å². The molecule has 0 amide bonds. The summed E-state index contributed by atoms with van der Waals surface area (Å²) in [5.74, 6) is -1.13. The van der Waals surface area contributed by atoms with Crippen LogP contribution in [0, 0.1) is 33.8 Å². The number of ether oxygens (including phenoxy) is 1. The van der Waals surface area contributed by atoms with Crippen LogP contribution < -0.4 is 4.74 Å². The first-order valence-corrected chi connectivity index (χ1v) is 8.91. The second-order valence-corrected chi connectivity index (χ2v) is 7.73. The van der Waals surface area contributed by atoms with Crippen LogP contribution in [0.4, 0.5) is 8.78 Å². The Kier molecular flexibility index (Phi) is 4.18. The van der Waals surface area contributed by atoms with Crippen LogP contribution >= 0.6 is 0 Å². The molecular weight excluding hydrogens is 350 g/mol. The van der Waals surface area contributed by atoms with Gasteiger partial charge in [-0.05, 0) is 43.4 Å². The molecule has 3 aliphatic rings. The standard InChI is InChI=1S/C21H18F2N2O2/c22-16-3-1-2-15(19(16)23)5-6-17(26)21-10-20(11-21,12-21)13-27-18-7-4-14(8-24)9-25-18/h1-4,7,9H,5-6,10-13H2. The lowest BCUT2D eigenvalue weighted by atomic mass is 9.34. The van der Waals surface area contributed by atoms with Gasteiger partial charge in [-0.25, -0.2) is 13.8 Å². The Morgan fingerprint density at radius 3 is 2.67 bits per heavy atom. The zero-order chi connectivity index (χ0) is 19.1. The first kappa shape index (κ1) is 17.6. The molecule has 0 N–H and O–H groups in total. The van der Waals surface area contributed by atoms with Gasteiger partial charge in [0.2, 0.25) is 5.88 Å². The molecule has 6 heteroatoms. The maximum Gasteiger partial charge on any atom is 0.213 e. The molecule has 4 nitrogen and oxygen atoms in total. The van der Waals surface area contributed by atoms with Gasteiger partial charge in [-0.1, -0.05) is 12.1 Å². The average molecular weight is 368 g/mol. The minimum absolute atomic E-state index is 0.0232. The first-order valence-electron chi connectivity index (χ1n) is 8.91. The molecule has 3 fully saturated rings. The second kappa shape index (κ2) is 6.41. The lowest BCUT2D eigenvalue weighted by Gasteiger charge is -2.69. The molecule has 1 heterocycles. The van der Waals surface area contributed by atoms with Crippen LogP contribution in [0.1, 0.15) is 36.8 Å². The number of nitrogens with zero attached hydrogens (tertiary/aromatic N) is 2. The molecule has 0 saturated heterocycles. The zero-order valence-corrected chi connectivity index (χ0v) is 14.7. The van der Waals surface area contributed by atoms with Gasteiger partial charge >= 0.3 is 0 Å². The number of pyridine rings is 1. The summed E-state index contributed by atoms with van der Waals surface area (Å²) in [5, 5.41) is 8.76. The summed E-state index contributed by atoms with van der Waals surface area (Å²) >= 11 is 0. The molecule has 2 bridgehead atoms. The van der Waals surface area contributed by atoms with Crippen molar-refractivity contribution in [3.63, 3.8) is 0 Å². The molecule has 27 heavy (non-hydrogen) atoms. The smallest absolute Gasteiger partial charge is 0.213 e. The largest absolute Gasteiger partial charge is 0.477 e. The molecule has 3 aliphatic carbocycles. The van der Waals surface area contributed by atoms with Crippen molar-refractivity contribution in [1.29, 1.82) is 5.26 Å². The number of hydrogen-bond acceptors (Lipinski definition) is 4. The molecule has 0 spiro atoms. The summed E-state index contributed by atoms with van der Waals surface area (Å²) in [6.07, 6.45) is 4.26.